The van der Waals surface area contributed by atoms with Crippen molar-refractivity contribution in [1.82, 2.24) is 4.98 Å². The summed E-state index contributed by atoms with van der Waals surface area (Å²) < 4.78 is 0. The van der Waals surface area contributed by atoms with Crippen LogP contribution in [0.1, 0.15) is 16.8 Å². The van der Waals surface area contributed by atoms with Crippen molar-refractivity contribution in [3.8, 4) is 0 Å². The number of para-hydroxylation sites is 1. The average Bonchev–Trinajstić information content (AvgIpc) is 2.40. The summed E-state index contributed by atoms with van der Waals surface area (Å²) in [6, 6.07) is 12.6. The Labute approximate surface area is 104 Å². The number of hydrogen-bond donors (Lipinski definition) is 0. The number of nitrogens with zero attached hydrogens (tertiary/aromatic N) is 2. The highest BCUT2D eigenvalue weighted by Gasteiger charge is 2.31. The molecule has 2 aromatic rings. The zero-order chi connectivity index (χ0) is 12.5. The van der Waals surface area contributed by atoms with Gasteiger partial charge in [0, 0.05) is 6.20 Å². The van der Waals surface area contributed by atoms with E-state index in [0.717, 1.165) is 5.69 Å². The third-order valence-corrected chi connectivity index (χ3v) is 2.87. The molecular formula is C14H10N2O2. The standard InChI is InChI=1S/C14H10N2O2/c17-12-9-13(18)16(10-5-2-1-3-6-10)14-11(12)7-4-8-15-14/h1-8H,9H2. The number of aromatic nitrogens is 1. The van der Waals surface area contributed by atoms with E-state index in [1.807, 2.05) is 30.3 Å². The number of amides is 1. The van der Waals surface area contributed by atoms with Crippen molar-refractivity contribution < 1.29 is 9.59 Å². The lowest BCUT2D eigenvalue weighted by Crippen LogP contribution is -2.34. The SMILES string of the molecule is O=C1CC(=O)N(c2ccccc2)c2ncccc21. The van der Waals surface area contributed by atoms with Gasteiger partial charge in [0.15, 0.2) is 11.6 Å². The molecule has 0 bridgehead atoms. The van der Waals surface area contributed by atoms with Gasteiger partial charge in [0.2, 0.25) is 5.91 Å². The first-order valence-corrected chi connectivity index (χ1v) is 5.63. The molecular weight excluding hydrogens is 228 g/mol. The number of carbonyl (C=O) groups is 2. The van der Waals surface area contributed by atoms with Gasteiger partial charge in [-0.15, -0.1) is 0 Å². The Hall–Kier alpha value is -2.49. The third-order valence-electron chi connectivity index (χ3n) is 2.87. The lowest BCUT2D eigenvalue weighted by molar-refractivity contribution is -0.117. The number of anilines is 2. The van der Waals surface area contributed by atoms with Crippen LogP contribution in [0.4, 0.5) is 11.5 Å². The molecule has 0 radical (unpaired) electrons. The van der Waals surface area contributed by atoms with Crippen molar-refractivity contribution in [1.29, 1.82) is 0 Å². The highest BCUT2D eigenvalue weighted by atomic mass is 16.2. The molecule has 1 amide bonds. The van der Waals surface area contributed by atoms with Gasteiger partial charge in [-0.2, -0.15) is 0 Å². The number of Topliss-reactive ketones (excluding diaryl/α,β-unsaturated/α-hetero) is 1. The van der Waals surface area contributed by atoms with E-state index in [2.05, 4.69) is 4.98 Å². The van der Waals surface area contributed by atoms with E-state index in [-0.39, 0.29) is 18.1 Å². The minimum atomic E-state index is -0.239. The van der Waals surface area contributed by atoms with E-state index < -0.39 is 0 Å². The van der Waals surface area contributed by atoms with Crippen molar-refractivity contribution in [2.24, 2.45) is 0 Å². The summed E-state index contributed by atoms with van der Waals surface area (Å²) in [7, 11) is 0. The first-order valence-electron chi connectivity index (χ1n) is 5.63. The molecule has 4 heteroatoms. The number of ketones is 1. The second kappa shape index (κ2) is 4.07. The fraction of sp³-hybridized carbons (Fsp3) is 0.0714. The lowest BCUT2D eigenvalue weighted by atomic mass is 10.0. The van der Waals surface area contributed by atoms with Gasteiger partial charge < -0.3 is 0 Å². The van der Waals surface area contributed by atoms with Crippen LogP contribution in [0, 0.1) is 0 Å². The number of pyridine rings is 1. The maximum absolute atomic E-state index is 12.0. The summed E-state index contributed by atoms with van der Waals surface area (Å²) >= 11 is 0. The van der Waals surface area contributed by atoms with Crippen molar-refractivity contribution in [3.63, 3.8) is 0 Å². The van der Waals surface area contributed by atoms with Crippen LogP contribution in [-0.4, -0.2) is 16.7 Å². The third kappa shape index (κ3) is 1.59. The summed E-state index contributed by atoms with van der Waals surface area (Å²) in [4.78, 5) is 29.5. The lowest BCUT2D eigenvalue weighted by Gasteiger charge is -2.27. The van der Waals surface area contributed by atoms with Crippen LogP contribution in [0.3, 0.4) is 0 Å². The van der Waals surface area contributed by atoms with Gasteiger partial charge in [-0.25, -0.2) is 4.98 Å². The summed E-state index contributed by atoms with van der Waals surface area (Å²) in [6.45, 7) is 0. The largest absolute Gasteiger partial charge is 0.293 e. The summed E-state index contributed by atoms with van der Waals surface area (Å²) in [5, 5.41) is 0. The van der Waals surface area contributed by atoms with Gasteiger partial charge in [0.05, 0.1) is 17.7 Å². The number of hydrogen-bond acceptors (Lipinski definition) is 3. The summed E-state index contributed by atoms with van der Waals surface area (Å²) in [5.74, 6) is 0.0117. The molecule has 0 saturated heterocycles. The van der Waals surface area contributed by atoms with Gasteiger partial charge in [-0.05, 0) is 24.3 Å². The zero-order valence-corrected chi connectivity index (χ0v) is 9.54. The van der Waals surface area contributed by atoms with Crippen molar-refractivity contribution in [3.05, 3.63) is 54.2 Å². The maximum atomic E-state index is 12.0. The zero-order valence-electron chi connectivity index (χ0n) is 9.54. The van der Waals surface area contributed by atoms with Crippen LogP contribution in [0.2, 0.25) is 0 Å². The fourth-order valence-corrected chi connectivity index (χ4v) is 2.07. The van der Waals surface area contributed by atoms with Gasteiger partial charge in [-0.1, -0.05) is 18.2 Å². The monoisotopic (exact) mass is 238 g/mol. The molecule has 88 valence electrons. The normalized spacial score (nSPS) is 14.6. The molecule has 0 N–H and O–H groups in total. The van der Waals surface area contributed by atoms with Gasteiger partial charge in [0.1, 0.15) is 0 Å². The minimum Gasteiger partial charge on any atom is -0.293 e. The second-order valence-corrected chi connectivity index (χ2v) is 4.04. The minimum absolute atomic E-state index is 0.104. The number of rotatable bonds is 1. The molecule has 18 heavy (non-hydrogen) atoms. The van der Waals surface area contributed by atoms with Crippen LogP contribution >= 0.6 is 0 Å². The predicted octanol–water partition coefficient (Wildman–Crippen LogP) is 2.33. The number of carbonyl (C=O) groups excluding carboxylic acids is 2. The van der Waals surface area contributed by atoms with Crippen LogP contribution in [0.5, 0.6) is 0 Å². The maximum Gasteiger partial charge on any atom is 0.240 e. The van der Waals surface area contributed by atoms with Gasteiger partial charge in [-0.3, -0.25) is 14.5 Å². The topological polar surface area (TPSA) is 50.3 Å². The molecule has 0 unspecified atom stereocenters. The first kappa shape index (κ1) is 10.7. The Bertz CT molecular complexity index is 623. The van der Waals surface area contributed by atoms with Gasteiger partial charge >= 0.3 is 0 Å². The van der Waals surface area contributed by atoms with Crippen LogP contribution < -0.4 is 4.90 Å². The molecule has 0 saturated carbocycles. The predicted molar refractivity (Wildman–Crippen MR) is 66.8 cm³/mol. The molecule has 0 fully saturated rings. The van der Waals surface area contributed by atoms with Crippen LogP contribution in [-0.2, 0) is 4.79 Å². The molecule has 1 aliphatic rings. The van der Waals surface area contributed by atoms with Crippen molar-refractivity contribution in [2.75, 3.05) is 4.90 Å². The fourth-order valence-electron chi connectivity index (χ4n) is 2.07. The smallest absolute Gasteiger partial charge is 0.240 e. The van der Waals surface area contributed by atoms with Crippen molar-refractivity contribution in [2.45, 2.75) is 6.42 Å². The Morgan fingerprint density at radius 1 is 1.00 bits per heavy atom. The molecule has 1 aromatic carbocycles. The average molecular weight is 238 g/mol. The highest BCUT2D eigenvalue weighted by Crippen LogP contribution is 2.31. The van der Waals surface area contributed by atoms with Crippen LogP contribution in [0.15, 0.2) is 48.7 Å². The molecule has 1 aromatic heterocycles. The van der Waals surface area contributed by atoms with Crippen molar-refractivity contribution >= 4 is 23.2 Å². The van der Waals surface area contributed by atoms with E-state index >= 15 is 0 Å². The molecule has 2 heterocycles. The van der Waals surface area contributed by atoms with E-state index in [4.69, 9.17) is 0 Å². The number of fused-ring (bicyclic) bond motifs is 1. The molecule has 0 atom stereocenters. The van der Waals surface area contributed by atoms with E-state index in [0.29, 0.717) is 11.4 Å². The number of benzene rings is 1. The Balaban J connectivity index is 2.18. The molecule has 0 spiro atoms. The van der Waals surface area contributed by atoms with E-state index in [1.54, 1.807) is 18.3 Å². The Morgan fingerprint density at radius 3 is 2.56 bits per heavy atom. The first-order chi connectivity index (χ1) is 8.77. The molecule has 4 nitrogen and oxygen atoms in total. The van der Waals surface area contributed by atoms with Gasteiger partial charge in [0.25, 0.3) is 0 Å². The van der Waals surface area contributed by atoms with Crippen LogP contribution in [0.25, 0.3) is 0 Å². The Morgan fingerprint density at radius 2 is 1.78 bits per heavy atom. The Kier molecular flexibility index (Phi) is 2.41. The second-order valence-electron chi connectivity index (χ2n) is 4.04. The molecule has 0 aliphatic carbocycles. The quantitative estimate of drug-likeness (QED) is 0.716. The molecule has 1 aliphatic heterocycles. The van der Waals surface area contributed by atoms with E-state index in [9.17, 15) is 9.59 Å². The summed E-state index contributed by atoms with van der Waals surface area (Å²) in [6.07, 6.45) is 1.48. The summed E-state index contributed by atoms with van der Waals surface area (Å²) in [5.41, 5.74) is 1.23. The highest BCUT2D eigenvalue weighted by molar-refractivity contribution is 6.21. The van der Waals surface area contributed by atoms with E-state index in [1.165, 1.54) is 4.90 Å². The molecule has 3 rings (SSSR count).